The van der Waals surface area contributed by atoms with Crippen molar-refractivity contribution in [3.63, 3.8) is 0 Å². The fourth-order valence-electron chi connectivity index (χ4n) is 3.44. The van der Waals surface area contributed by atoms with Gasteiger partial charge < -0.3 is 16.8 Å². The van der Waals surface area contributed by atoms with E-state index in [1.165, 1.54) is 22.5 Å². The molecule has 4 rings (SSSR count). The standard InChI is InChI=1S/C19H17N5OS/c20-9-11-8-13-15(21)16(26-19(13)24-17(11)22)18(25)23-14-7-3-5-10-4-1-2-6-12(10)14/h1-2,4,6,8,14H,3,5,7,21H2,(H2,22,24)(H,23,25)/t14-/m0/s1. The van der Waals surface area contributed by atoms with E-state index in [-0.39, 0.29) is 23.3 Å². The smallest absolute Gasteiger partial charge is 0.264 e. The number of pyridine rings is 1. The average Bonchev–Trinajstić information content (AvgIpc) is 2.97. The summed E-state index contributed by atoms with van der Waals surface area (Å²) in [5.41, 5.74) is 15.0. The second-order valence-corrected chi connectivity index (χ2v) is 7.35. The minimum atomic E-state index is -0.218. The Kier molecular flexibility index (Phi) is 3.98. The first-order chi connectivity index (χ1) is 12.6. The van der Waals surface area contributed by atoms with E-state index >= 15 is 0 Å². The number of nitriles is 1. The summed E-state index contributed by atoms with van der Waals surface area (Å²) in [5.74, 6) is -0.0706. The van der Waals surface area contributed by atoms with Gasteiger partial charge in [-0.2, -0.15) is 5.26 Å². The van der Waals surface area contributed by atoms with E-state index in [2.05, 4.69) is 22.4 Å². The number of hydrogen-bond donors (Lipinski definition) is 3. The topological polar surface area (TPSA) is 118 Å². The fraction of sp³-hybridized carbons (Fsp3) is 0.211. The Morgan fingerprint density at radius 1 is 1.35 bits per heavy atom. The largest absolute Gasteiger partial charge is 0.397 e. The van der Waals surface area contributed by atoms with Gasteiger partial charge in [0, 0.05) is 5.39 Å². The van der Waals surface area contributed by atoms with Crippen LogP contribution in [0.5, 0.6) is 0 Å². The van der Waals surface area contributed by atoms with Crippen LogP contribution in [0.4, 0.5) is 11.5 Å². The van der Waals surface area contributed by atoms with Gasteiger partial charge in [-0.05, 0) is 36.5 Å². The van der Waals surface area contributed by atoms with Crippen LogP contribution >= 0.6 is 11.3 Å². The number of hydrogen-bond acceptors (Lipinski definition) is 6. The second kappa shape index (κ2) is 6.32. The molecule has 1 atom stereocenters. The van der Waals surface area contributed by atoms with Gasteiger partial charge in [0.25, 0.3) is 5.91 Å². The van der Waals surface area contributed by atoms with Crippen LogP contribution in [0.3, 0.4) is 0 Å². The van der Waals surface area contributed by atoms with Crippen LogP contribution in [-0.4, -0.2) is 10.9 Å². The van der Waals surface area contributed by atoms with E-state index < -0.39 is 0 Å². The van der Waals surface area contributed by atoms with E-state index in [0.29, 0.717) is 20.8 Å². The van der Waals surface area contributed by atoms with Crippen molar-refractivity contribution < 1.29 is 4.79 Å². The van der Waals surface area contributed by atoms with Crippen LogP contribution in [-0.2, 0) is 6.42 Å². The molecule has 0 saturated heterocycles. The van der Waals surface area contributed by atoms with Crippen LogP contribution in [0.1, 0.15) is 45.2 Å². The molecule has 1 aliphatic carbocycles. The third kappa shape index (κ3) is 2.65. The van der Waals surface area contributed by atoms with Crippen molar-refractivity contribution >= 4 is 39.0 Å². The number of aromatic nitrogens is 1. The van der Waals surface area contributed by atoms with E-state index in [0.717, 1.165) is 19.3 Å². The molecule has 3 aromatic rings. The minimum absolute atomic E-state index is 0.0234. The van der Waals surface area contributed by atoms with Gasteiger partial charge in [0.2, 0.25) is 0 Å². The molecule has 7 heteroatoms. The zero-order chi connectivity index (χ0) is 18.3. The number of rotatable bonds is 2. The van der Waals surface area contributed by atoms with Gasteiger partial charge in [-0.15, -0.1) is 11.3 Å². The van der Waals surface area contributed by atoms with Crippen molar-refractivity contribution in [2.45, 2.75) is 25.3 Å². The summed E-state index contributed by atoms with van der Waals surface area (Å²) >= 11 is 1.20. The summed E-state index contributed by atoms with van der Waals surface area (Å²) in [6.45, 7) is 0. The highest BCUT2D eigenvalue weighted by atomic mass is 32.1. The molecule has 6 nitrogen and oxygen atoms in total. The molecule has 0 unspecified atom stereocenters. The van der Waals surface area contributed by atoms with Gasteiger partial charge in [-0.25, -0.2) is 4.98 Å². The third-order valence-corrected chi connectivity index (χ3v) is 5.87. The Hall–Kier alpha value is -3.11. The first-order valence-corrected chi connectivity index (χ1v) is 9.17. The number of aryl methyl sites for hydroxylation is 1. The Labute approximate surface area is 154 Å². The molecule has 130 valence electrons. The van der Waals surface area contributed by atoms with Gasteiger partial charge in [0.1, 0.15) is 21.6 Å². The average molecular weight is 363 g/mol. The molecule has 1 aliphatic rings. The van der Waals surface area contributed by atoms with E-state index in [1.807, 2.05) is 18.2 Å². The van der Waals surface area contributed by atoms with Crippen LogP contribution < -0.4 is 16.8 Å². The van der Waals surface area contributed by atoms with Crippen molar-refractivity contribution in [3.8, 4) is 6.07 Å². The normalized spacial score (nSPS) is 16.0. The Balaban J connectivity index is 1.68. The number of nitrogens with one attached hydrogen (secondary N) is 1. The fourth-order valence-corrected chi connectivity index (χ4v) is 4.43. The van der Waals surface area contributed by atoms with Crippen LogP contribution in [0, 0.1) is 11.3 Å². The highest BCUT2D eigenvalue weighted by molar-refractivity contribution is 7.21. The lowest BCUT2D eigenvalue weighted by Crippen LogP contribution is -2.30. The monoisotopic (exact) mass is 363 g/mol. The van der Waals surface area contributed by atoms with E-state index in [1.54, 1.807) is 6.07 Å². The van der Waals surface area contributed by atoms with E-state index in [9.17, 15) is 4.79 Å². The van der Waals surface area contributed by atoms with Crippen LogP contribution in [0.15, 0.2) is 30.3 Å². The zero-order valence-electron chi connectivity index (χ0n) is 14.0. The molecular formula is C19H17N5OS. The number of nitrogens with two attached hydrogens (primary N) is 2. The number of carbonyl (C=O) groups is 1. The van der Waals surface area contributed by atoms with Gasteiger partial charge in [0.05, 0.1) is 17.3 Å². The molecule has 1 aromatic carbocycles. The van der Waals surface area contributed by atoms with Gasteiger partial charge >= 0.3 is 0 Å². The predicted molar refractivity (Wildman–Crippen MR) is 103 cm³/mol. The quantitative estimate of drug-likeness (QED) is 0.646. The first kappa shape index (κ1) is 16.4. The molecule has 0 radical (unpaired) electrons. The second-order valence-electron chi connectivity index (χ2n) is 6.35. The molecule has 0 aliphatic heterocycles. The van der Waals surface area contributed by atoms with Crippen molar-refractivity contribution in [2.75, 3.05) is 11.5 Å². The van der Waals surface area contributed by atoms with Crippen molar-refractivity contribution in [3.05, 3.63) is 51.9 Å². The number of anilines is 2. The molecular weight excluding hydrogens is 346 g/mol. The maximum Gasteiger partial charge on any atom is 0.264 e. The number of fused-ring (bicyclic) bond motifs is 2. The van der Waals surface area contributed by atoms with Crippen molar-refractivity contribution in [1.82, 2.24) is 10.3 Å². The molecule has 2 aromatic heterocycles. The Bertz CT molecular complexity index is 1070. The van der Waals surface area contributed by atoms with E-state index in [4.69, 9.17) is 16.7 Å². The molecule has 0 fully saturated rings. The summed E-state index contributed by atoms with van der Waals surface area (Å²) < 4.78 is 0. The SMILES string of the molecule is N#Cc1cc2c(N)c(C(=O)N[C@H]3CCCc4ccccc43)sc2nc1N. The lowest BCUT2D eigenvalue weighted by Gasteiger charge is -2.26. The summed E-state index contributed by atoms with van der Waals surface area (Å²) in [5, 5.41) is 12.8. The summed E-state index contributed by atoms with van der Waals surface area (Å²) in [6, 6.07) is 11.8. The minimum Gasteiger partial charge on any atom is -0.397 e. The lowest BCUT2D eigenvalue weighted by molar-refractivity contribution is 0.0937. The molecule has 2 heterocycles. The number of nitrogen functional groups attached to an aromatic ring is 2. The van der Waals surface area contributed by atoms with Crippen molar-refractivity contribution in [1.29, 1.82) is 5.26 Å². The molecule has 1 amide bonds. The third-order valence-electron chi connectivity index (χ3n) is 4.75. The number of carbonyl (C=O) groups excluding carboxylic acids is 1. The molecule has 0 spiro atoms. The van der Waals surface area contributed by atoms with Gasteiger partial charge in [0.15, 0.2) is 0 Å². The first-order valence-electron chi connectivity index (χ1n) is 8.35. The summed E-state index contributed by atoms with van der Waals surface area (Å²) in [7, 11) is 0. The number of thiophene rings is 1. The lowest BCUT2D eigenvalue weighted by atomic mass is 9.88. The zero-order valence-corrected chi connectivity index (χ0v) is 14.8. The highest BCUT2D eigenvalue weighted by Gasteiger charge is 2.25. The van der Waals surface area contributed by atoms with Crippen LogP contribution in [0.25, 0.3) is 10.2 Å². The Morgan fingerprint density at radius 2 is 2.15 bits per heavy atom. The summed E-state index contributed by atoms with van der Waals surface area (Å²) in [6.07, 6.45) is 2.97. The van der Waals surface area contributed by atoms with Gasteiger partial charge in [-0.1, -0.05) is 24.3 Å². The predicted octanol–water partition coefficient (Wildman–Crippen LogP) is 3.14. The van der Waals surface area contributed by atoms with Gasteiger partial charge in [-0.3, -0.25) is 4.79 Å². The molecule has 5 N–H and O–H groups in total. The molecule has 0 bridgehead atoms. The van der Waals surface area contributed by atoms with Crippen LogP contribution in [0.2, 0.25) is 0 Å². The maximum absolute atomic E-state index is 12.8. The van der Waals surface area contributed by atoms with Crippen molar-refractivity contribution in [2.24, 2.45) is 0 Å². The number of benzene rings is 1. The maximum atomic E-state index is 12.8. The number of amides is 1. The highest BCUT2D eigenvalue weighted by Crippen LogP contribution is 2.35. The summed E-state index contributed by atoms with van der Waals surface area (Å²) in [4.78, 5) is 18.0. The molecule has 26 heavy (non-hydrogen) atoms. The Morgan fingerprint density at radius 3 is 2.96 bits per heavy atom. The molecule has 0 saturated carbocycles. The number of nitrogens with zero attached hydrogens (tertiary/aromatic N) is 2.